The third-order valence-electron chi connectivity index (χ3n) is 3.82. The highest BCUT2D eigenvalue weighted by Crippen LogP contribution is 2.22. The minimum absolute atomic E-state index is 0.0497. The minimum Gasteiger partial charge on any atom is -0.478 e. The molecule has 1 atom stereocenters. The molecule has 0 spiro atoms. The highest BCUT2D eigenvalue weighted by atomic mass is 32.2. The number of hydrogen-bond donors (Lipinski definition) is 2. The molecule has 0 aliphatic rings. The molecule has 0 saturated heterocycles. The van der Waals surface area contributed by atoms with Gasteiger partial charge in [-0.25, -0.2) is 13.2 Å². The van der Waals surface area contributed by atoms with Crippen LogP contribution in [0.1, 0.15) is 22.8 Å². The molecule has 0 radical (unpaired) electrons. The van der Waals surface area contributed by atoms with Gasteiger partial charge in [-0.3, -0.25) is 4.79 Å². The summed E-state index contributed by atoms with van der Waals surface area (Å²) in [5, 5.41) is 10.7. The van der Waals surface area contributed by atoms with E-state index in [0.717, 1.165) is 0 Å². The zero-order valence-electron chi connectivity index (χ0n) is 14.5. The average Bonchev–Trinajstić information content (AvgIpc) is 2.61. The van der Waals surface area contributed by atoms with E-state index in [9.17, 15) is 31.2 Å². The zero-order chi connectivity index (χ0) is 21.1. The fourth-order valence-electron chi connectivity index (χ4n) is 2.43. The largest absolute Gasteiger partial charge is 0.478 e. The summed E-state index contributed by atoms with van der Waals surface area (Å²) in [6.45, 7) is 1.40. The number of amides is 1. The van der Waals surface area contributed by atoms with Crippen LogP contribution in [0.2, 0.25) is 0 Å². The maximum atomic E-state index is 12.6. The maximum Gasteiger partial charge on any atom is 0.471 e. The van der Waals surface area contributed by atoms with Crippen LogP contribution in [0.15, 0.2) is 58.3 Å². The molecule has 0 aliphatic carbocycles. The number of sulfone groups is 1. The van der Waals surface area contributed by atoms with Crippen LogP contribution in [0, 0.1) is 0 Å². The van der Waals surface area contributed by atoms with Crippen LogP contribution in [-0.2, 0) is 21.1 Å². The smallest absolute Gasteiger partial charge is 0.471 e. The van der Waals surface area contributed by atoms with Crippen molar-refractivity contribution in [1.82, 2.24) is 5.32 Å². The first kappa shape index (κ1) is 21.4. The van der Waals surface area contributed by atoms with Gasteiger partial charge in [0.15, 0.2) is 0 Å². The quantitative estimate of drug-likeness (QED) is 0.756. The van der Waals surface area contributed by atoms with Crippen molar-refractivity contribution in [2.75, 3.05) is 0 Å². The van der Waals surface area contributed by atoms with Gasteiger partial charge in [0.05, 0.1) is 15.4 Å². The number of carbonyl (C=O) groups is 2. The minimum atomic E-state index is -4.97. The monoisotopic (exact) mass is 415 g/mol. The van der Waals surface area contributed by atoms with Gasteiger partial charge in [-0.2, -0.15) is 13.2 Å². The predicted octanol–water partition coefficient (Wildman–Crippen LogP) is 2.83. The molecule has 28 heavy (non-hydrogen) atoms. The van der Waals surface area contributed by atoms with Gasteiger partial charge in [-0.05, 0) is 55.3 Å². The summed E-state index contributed by atoms with van der Waals surface area (Å²) in [7, 11) is -3.88. The molecule has 2 rings (SSSR count). The van der Waals surface area contributed by atoms with Crippen molar-refractivity contribution in [2.45, 2.75) is 35.4 Å². The van der Waals surface area contributed by atoms with E-state index in [4.69, 9.17) is 5.11 Å². The lowest BCUT2D eigenvalue weighted by atomic mass is 10.1. The Labute approximate surface area is 158 Å². The van der Waals surface area contributed by atoms with Gasteiger partial charge in [-0.15, -0.1) is 0 Å². The lowest BCUT2D eigenvalue weighted by Crippen LogP contribution is -2.42. The molecule has 0 aromatic heterocycles. The summed E-state index contributed by atoms with van der Waals surface area (Å²) in [5.41, 5.74) is 0.485. The number of benzene rings is 2. The number of halogens is 3. The summed E-state index contributed by atoms with van der Waals surface area (Å²) in [6, 6.07) is 9.39. The second-order valence-electron chi connectivity index (χ2n) is 6.05. The molecule has 150 valence electrons. The molecule has 0 fully saturated rings. The van der Waals surface area contributed by atoms with E-state index in [2.05, 4.69) is 0 Å². The highest BCUT2D eigenvalue weighted by molar-refractivity contribution is 7.91. The molecule has 0 saturated carbocycles. The van der Waals surface area contributed by atoms with E-state index in [1.54, 1.807) is 0 Å². The van der Waals surface area contributed by atoms with Gasteiger partial charge in [0, 0.05) is 6.04 Å². The fraction of sp³-hybridized carbons (Fsp3) is 0.222. The normalized spacial score (nSPS) is 13.0. The van der Waals surface area contributed by atoms with Crippen LogP contribution in [0.5, 0.6) is 0 Å². The first-order valence-corrected chi connectivity index (χ1v) is 9.44. The summed E-state index contributed by atoms with van der Waals surface area (Å²) in [5.74, 6) is -3.22. The third-order valence-corrected chi connectivity index (χ3v) is 5.61. The maximum absolute atomic E-state index is 12.6. The van der Waals surface area contributed by atoms with Crippen LogP contribution in [0.3, 0.4) is 0 Å². The number of alkyl halides is 3. The average molecular weight is 415 g/mol. The summed E-state index contributed by atoms with van der Waals surface area (Å²) >= 11 is 0. The Hall–Kier alpha value is -2.88. The van der Waals surface area contributed by atoms with E-state index in [1.165, 1.54) is 55.5 Å². The van der Waals surface area contributed by atoms with Gasteiger partial charge in [0.2, 0.25) is 9.84 Å². The summed E-state index contributed by atoms with van der Waals surface area (Å²) in [4.78, 5) is 21.6. The van der Waals surface area contributed by atoms with Gasteiger partial charge >= 0.3 is 18.1 Å². The second kappa shape index (κ2) is 8.01. The molecule has 2 aromatic carbocycles. The van der Waals surface area contributed by atoms with Crippen LogP contribution in [-0.4, -0.2) is 37.6 Å². The lowest BCUT2D eigenvalue weighted by molar-refractivity contribution is -0.174. The fourth-order valence-corrected chi connectivity index (χ4v) is 3.69. The number of aromatic carboxylic acids is 1. The topological polar surface area (TPSA) is 101 Å². The van der Waals surface area contributed by atoms with Crippen LogP contribution in [0.4, 0.5) is 13.2 Å². The number of rotatable bonds is 6. The molecule has 0 heterocycles. The Morgan fingerprint density at radius 1 is 1.00 bits per heavy atom. The van der Waals surface area contributed by atoms with E-state index in [-0.39, 0.29) is 21.8 Å². The summed E-state index contributed by atoms with van der Waals surface area (Å²) < 4.78 is 61.9. The van der Waals surface area contributed by atoms with Crippen molar-refractivity contribution >= 4 is 21.7 Å². The number of carboxylic acid groups (broad SMARTS) is 1. The zero-order valence-corrected chi connectivity index (χ0v) is 15.3. The van der Waals surface area contributed by atoms with E-state index >= 15 is 0 Å². The molecule has 0 unspecified atom stereocenters. The first-order chi connectivity index (χ1) is 12.9. The Morgan fingerprint density at radius 3 is 1.89 bits per heavy atom. The van der Waals surface area contributed by atoms with E-state index < -0.39 is 33.9 Å². The molecule has 2 N–H and O–H groups in total. The standard InChI is InChI=1S/C18H16F3NO5S/c1-11(22-17(25)18(19,20)21)10-12-2-6-14(7-3-12)28(26,27)15-8-4-13(5-9-15)16(23)24/h2-9,11H,10H2,1H3,(H,22,25)(H,23,24)/t11-/m1/s1. The van der Waals surface area contributed by atoms with E-state index in [1.807, 2.05) is 5.32 Å². The van der Waals surface area contributed by atoms with E-state index in [0.29, 0.717) is 5.56 Å². The Bertz CT molecular complexity index is 968. The number of carboxylic acids is 1. The van der Waals surface area contributed by atoms with Crippen LogP contribution < -0.4 is 5.32 Å². The van der Waals surface area contributed by atoms with Crippen molar-refractivity contribution < 1.29 is 36.3 Å². The molecule has 6 nitrogen and oxygen atoms in total. The highest BCUT2D eigenvalue weighted by Gasteiger charge is 2.39. The molecule has 2 aromatic rings. The summed E-state index contributed by atoms with van der Waals surface area (Å²) in [6.07, 6.45) is -4.89. The molecule has 1 amide bonds. The SMILES string of the molecule is C[C@H](Cc1ccc(S(=O)(=O)c2ccc(C(=O)O)cc2)cc1)NC(=O)C(F)(F)F. The second-order valence-corrected chi connectivity index (χ2v) is 8.00. The third kappa shape index (κ3) is 5.10. The van der Waals surface area contributed by atoms with Gasteiger partial charge in [-0.1, -0.05) is 12.1 Å². The lowest BCUT2D eigenvalue weighted by Gasteiger charge is -2.15. The predicted molar refractivity (Wildman–Crippen MR) is 92.7 cm³/mol. The van der Waals surface area contributed by atoms with Gasteiger partial charge < -0.3 is 10.4 Å². The first-order valence-electron chi connectivity index (χ1n) is 7.96. The number of hydrogen-bond acceptors (Lipinski definition) is 4. The number of carbonyl (C=O) groups excluding carboxylic acids is 1. The molecule has 10 heteroatoms. The number of nitrogens with one attached hydrogen (secondary N) is 1. The van der Waals surface area contributed by atoms with Crippen LogP contribution in [0.25, 0.3) is 0 Å². The van der Waals surface area contributed by atoms with Crippen molar-refractivity contribution in [1.29, 1.82) is 0 Å². The van der Waals surface area contributed by atoms with Gasteiger partial charge in [0.1, 0.15) is 0 Å². The Morgan fingerprint density at radius 2 is 1.46 bits per heavy atom. The van der Waals surface area contributed by atoms with Crippen molar-refractivity contribution in [3.8, 4) is 0 Å². The molecule has 0 aliphatic heterocycles. The van der Waals surface area contributed by atoms with Crippen molar-refractivity contribution in [3.05, 3.63) is 59.7 Å². The molecule has 0 bridgehead atoms. The van der Waals surface area contributed by atoms with Crippen molar-refractivity contribution in [3.63, 3.8) is 0 Å². The Balaban J connectivity index is 2.12. The molecular weight excluding hydrogens is 399 g/mol. The molecular formula is C18H16F3NO5S. The van der Waals surface area contributed by atoms with Gasteiger partial charge in [0.25, 0.3) is 0 Å². The van der Waals surface area contributed by atoms with Crippen molar-refractivity contribution in [2.24, 2.45) is 0 Å². The Kier molecular flexibility index (Phi) is 6.13. The van der Waals surface area contributed by atoms with Crippen LogP contribution >= 0.6 is 0 Å².